The second-order valence-corrected chi connectivity index (χ2v) is 9.84. The lowest BCUT2D eigenvalue weighted by molar-refractivity contribution is -0.696. The first-order valence-corrected chi connectivity index (χ1v) is 14.3. The molecule has 0 saturated carbocycles. The largest absolute Gasteiger partial charge is 0.493 e. The van der Waals surface area contributed by atoms with Crippen LogP contribution < -0.4 is 23.5 Å². The smallest absolute Gasteiger partial charge is 0.343 e. The van der Waals surface area contributed by atoms with Crippen molar-refractivity contribution in [2.24, 2.45) is 0 Å². The number of hydrogen-bond acceptors (Lipinski definition) is 8. The fourth-order valence-electron chi connectivity index (χ4n) is 4.08. The molecule has 4 aromatic rings. The number of hydrogen-bond donors (Lipinski definition) is 0. The highest BCUT2D eigenvalue weighted by atomic mass is 16.5. The van der Waals surface area contributed by atoms with Gasteiger partial charge in [0.25, 0.3) is 0 Å². The Kier molecular flexibility index (Phi) is 11.3. The molecule has 10 nitrogen and oxygen atoms in total. The minimum Gasteiger partial charge on any atom is -0.493 e. The molecular formula is C35H35N2O8+. The molecule has 1 heterocycles. The van der Waals surface area contributed by atoms with Gasteiger partial charge in [0.1, 0.15) is 48.5 Å². The number of imidazole rings is 1. The van der Waals surface area contributed by atoms with Gasteiger partial charge >= 0.3 is 17.9 Å². The normalized spacial score (nSPS) is 10.4. The highest BCUT2D eigenvalue weighted by molar-refractivity contribution is 5.92. The van der Waals surface area contributed by atoms with Crippen LogP contribution in [0.5, 0.6) is 23.0 Å². The summed E-state index contributed by atoms with van der Waals surface area (Å²) >= 11 is 0. The van der Waals surface area contributed by atoms with Crippen LogP contribution in [-0.2, 0) is 16.1 Å². The molecule has 0 spiro atoms. The molecule has 0 fully saturated rings. The van der Waals surface area contributed by atoms with Crippen LogP contribution in [0.2, 0.25) is 0 Å². The number of ether oxygens (including phenoxy) is 5. The first kappa shape index (κ1) is 32.3. The molecule has 3 aromatic carbocycles. The Morgan fingerprint density at radius 3 is 1.78 bits per heavy atom. The van der Waals surface area contributed by atoms with E-state index in [1.807, 2.05) is 27.9 Å². The molecule has 45 heavy (non-hydrogen) atoms. The van der Waals surface area contributed by atoms with E-state index < -0.39 is 17.9 Å². The van der Waals surface area contributed by atoms with E-state index in [1.165, 1.54) is 0 Å². The Hall–Kier alpha value is -5.64. The van der Waals surface area contributed by atoms with Gasteiger partial charge in [-0.3, -0.25) is 0 Å². The van der Waals surface area contributed by atoms with E-state index in [-0.39, 0.29) is 6.61 Å². The van der Waals surface area contributed by atoms with Crippen molar-refractivity contribution in [2.45, 2.75) is 26.8 Å². The zero-order valence-corrected chi connectivity index (χ0v) is 25.3. The van der Waals surface area contributed by atoms with E-state index in [0.717, 1.165) is 6.08 Å². The molecular weight excluding hydrogens is 576 g/mol. The molecule has 232 valence electrons. The fourth-order valence-corrected chi connectivity index (χ4v) is 4.08. The van der Waals surface area contributed by atoms with E-state index in [2.05, 4.69) is 13.2 Å². The average molecular weight is 612 g/mol. The van der Waals surface area contributed by atoms with Gasteiger partial charge in [-0.05, 0) is 85.6 Å². The van der Waals surface area contributed by atoms with Gasteiger partial charge in [0.15, 0.2) is 0 Å². The molecule has 0 aliphatic carbocycles. The van der Waals surface area contributed by atoms with Crippen molar-refractivity contribution in [3.8, 4) is 23.0 Å². The lowest BCUT2D eigenvalue weighted by atomic mass is 10.1. The number of nitrogens with zero attached hydrogens (tertiary/aromatic N) is 2. The van der Waals surface area contributed by atoms with Crippen molar-refractivity contribution in [1.82, 2.24) is 4.57 Å². The average Bonchev–Trinajstić information content (AvgIpc) is 3.52. The van der Waals surface area contributed by atoms with Crippen molar-refractivity contribution in [2.75, 3.05) is 19.8 Å². The van der Waals surface area contributed by atoms with Crippen LogP contribution in [0, 0.1) is 13.8 Å². The van der Waals surface area contributed by atoms with E-state index in [0.29, 0.717) is 71.4 Å². The van der Waals surface area contributed by atoms with Gasteiger partial charge in [-0.1, -0.05) is 13.2 Å². The third-order valence-corrected chi connectivity index (χ3v) is 6.78. The number of rotatable bonds is 15. The summed E-state index contributed by atoms with van der Waals surface area (Å²) in [6.07, 6.45) is 9.06. The summed E-state index contributed by atoms with van der Waals surface area (Å²) in [5.74, 6) is 0.385. The molecule has 4 rings (SSSR count). The van der Waals surface area contributed by atoms with Crippen LogP contribution in [0.3, 0.4) is 0 Å². The Labute approximate surface area is 261 Å². The maximum Gasteiger partial charge on any atom is 0.343 e. The highest BCUT2D eigenvalue weighted by Crippen LogP contribution is 2.30. The van der Waals surface area contributed by atoms with Crippen molar-refractivity contribution < 1.29 is 42.6 Å². The number of benzene rings is 3. The molecule has 1 aromatic heterocycles. The van der Waals surface area contributed by atoms with Crippen LogP contribution >= 0.6 is 0 Å². The first-order valence-electron chi connectivity index (χ1n) is 14.3. The van der Waals surface area contributed by atoms with Crippen molar-refractivity contribution in [3.05, 3.63) is 121 Å². The van der Waals surface area contributed by atoms with Crippen LogP contribution in [0.1, 0.15) is 38.3 Å². The molecule has 0 aliphatic heterocycles. The Morgan fingerprint density at radius 2 is 1.29 bits per heavy atom. The van der Waals surface area contributed by atoms with Crippen molar-refractivity contribution >= 4 is 24.1 Å². The maximum atomic E-state index is 12.8. The molecule has 0 aliphatic rings. The van der Waals surface area contributed by atoms with E-state index >= 15 is 0 Å². The zero-order valence-electron chi connectivity index (χ0n) is 25.3. The quantitative estimate of drug-likeness (QED) is 0.0570. The van der Waals surface area contributed by atoms with Gasteiger partial charge in [-0.2, -0.15) is 0 Å². The molecule has 0 N–H and O–H groups in total. The van der Waals surface area contributed by atoms with Gasteiger partial charge in [0, 0.05) is 12.5 Å². The molecule has 0 bridgehead atoms. The predicted octanol–water partition coefficient (Wildman–Crippen LogP) is 5.51. The number of carbonyl (C=O) groups excluding carboxylic acids is 3. The number of esters is 3. The van der Waals surface area contributed by atoms with Gasteiger partial charge in [-0.25, -0.2) is 23.5 Å². The third kappa shape index (κ3) is 9.17. The monoisotopic (exact) mass is 611 g/mol. The Morgan fingerprint density at radius 1 is 0.756 bits per heavy atom. The van der Waals surface area contributed by atoms with Gasteiger partial charge < -0.3 is 23.7 Å². The number of aromatic nitrogens is 2. The maximum absolute atomic E-state index is 12.8. The molecule has 0 radical (unpaired) electrons. The van der Waals surface area contributed by atoms with Gasteiger partial charge in [0.2, 0.25) is 6.33 Å². The number of carbonyl (C=O) groups is 3. The predicted molar refractivity (Wildman–Crippen MR) is 166 cm³/mol. The Bertz CT molecular complexity index is 1660. The fraction of sp³-hybridized carbons (Fsp3) is 0.200. The van der Waals surface area contributed by atoms with Crippen LogP contribution in [0.4, 0.5) is 0 Å². The zero-order chi connectivity index (χ0) is 32.2. The summed E-state index contributed by atoms with van der Waals surface area (Å²) in [5, 5.41) is 0. The minimum atomic E-state index is -0.541. The SMILES string of the molecule is C=CC(=O)OCCCOc1ccc(C(=O)Oc2ccc(OC(=O)c3ccc(OCC[n+]4ccn(C=C)c4)cc3)c(C)c2C)cc1. The van der Waals surface area contributed by atoms with Crippen LogP contribution in [-0.4, -0.2) is 42.3 Å². The second-order valence-electron chi connectivity index (χ2n) is 9.84. The molecule has 0 saturated heterocycles. The topological polar surface area (TPSA) is 106 Å². The summed E-state index contributed by atoms with van der Waals surface area (Å²) in [6.45, 7) is 12.3. The molecule has 0 amide bonds. The summed E-state index contributed by atoms with van der Waals surface area (Å²) in [6, 6.07) is 16.5. The summed E-state index contributed by atoms with van der Waals surface area (Å²) in [7, 11) is 0. The van der Waals surface area contributed by atoms with Crippen LogP contribution in [0.15, 0.2) is 98.6 Å². The lowest BCUT2D eigenvalue weighted by Crippen LogP contribution is -2.34. The lowest BCUT2D eigenvalue weighted by Gasteiger charge is -2.14. The standard InChI is InChI=1S/C35H35N2O8/c1-5-33(38)43-22-7-21-41-29-12-8-27(9-13-29)34(39)44-31-16-17-32(26(4)25(31)3)45-35(40)28-10-14-30(15-11-28)42-23-20-37-19-18-36(6-2)24-37/h5-6,8-19,24H,1-2,7,20-23H2,3-4H3/q+1. The molecule has 10 heteroatoms. The van der Waals surface area contributed by atoms with Gasteiger partial charge in [0.05, 0.1) is 30.5 Å². The third-order valence-electron chi connectivity index (χ3n) is 6.78. The highest BCUT2D eigenvalue weighted by Gasteiger charge is 2.17. The minimum absolute atomic E-state index is 0.224. The van der Waals surface area contributed by atoms with Gasteiger partial charge in [-0.15, -0.1) is 0 Å². The van der Waals surface area contributed by atoms with E-state index in [4.69, 9.17) is 23.7 Å². The van der Waals surface area contributed by atoms with Crippen LogP contribution in [0.25, 0.3) is 6.20 Å². The molecule has 0 unspecified atom stereocenters. The van der Waals surface area contributed by atoms with Crippen molar-refractivity contribution in [3.63, 3.8) is 0 Å². The van der Waals surface area contributed by atoms with E-state index in [1.54, 1.807) is 80.7 Å². The summed E-state index contributed by atoms with van der Waals surface area (Å²) in [4.78, 5) is 36.7. The molecule has 0 atom stereocenters. The first-order chi connectivity index (χ1) is 21.8. The second kappa shape index (κ2) is 15.7. The van der Waals surface area contributed by atoms with E-state index in [9.17, 15) is 14.4 Å². The summed E-state index contributed by atoms with van der Waals surface area (Å²) < 4.78 is 31.4. The summed E-state index contributed by atoms with van der Waals surface area (Å²) in [5.41, 5.74) is 2.04. The Balaban J connectivity index is 1.26. The van der Waals surface area contributed by atoms with Crippen molar-refractivity contribution in [1.29, 1.82) is 0 Å².